The molecule has 0 amide bonds. The molecule has 0 saturated heterocycles. The lowest BCUT2D eigenvalue weighted by Crippen LogP contribution is -2.31. The van der Waals surface area contributed by atoms with Crippen LogP contribution in [0.25, 0.3) is 0 Å². The maximum Gasteiger partial charge on any atom is 0.146 e. The molecule has 3 N–H and O–H groups in total. The van der Waals surface area contributed by atoms with Gasteiger partial charge in [-0.05, 0) is 13.0 Å². The van der Waals surface area contributed by atoms with Gasteiger partial charge in [-0.3, -0.25) is 11.3 Å². The predicted molar refractivity (Wildman–Crippen MR) is 73.1 cm³/mol. The molecule has 0 spiro atoms. The number of aryl methyl sites for hydroxylation is 1. The van der Waals surface area contributed by atoms with Crippen LogP contribution in [0.2, 0.25) is 5.02 Å². The lowest BCUT2D eigenvalue weighted by Gasteiger charge is -2.17. The summed E-state index contributed by atoms with van der Waals surface area (Å²) >= 11 is 5.79. The molecule has 2 aromatic rings. The first-order chi connectivity index (χ1) is 9.17. The van der Waals surface area contributed by atoms with Gasteiger partial charge in [-0.15, -0.1) is 0 Å². The minimum absolute atomic E-state index is 0.0941. The van der Waals surface area contributed by atoms with E-state index in [1.807, 2.05) is 17.7 Å². The van der Waals surface area contributed by atoms with E-state index in [1.165, 1.54) is 6.07 Å². The lowest BCUT2D eigenvalue weighted by molar-refractivity contribution is 0.493. The summed E-state index contributed by atoms with van der Waals surface area (Å²) in [6, 6.07) is 4.52. The highest BCUT2D eigenvalue weighted by atomic mass is 35.5. The van der Waals surface area contributed by atoms with Crippen molar-refractivity contribution < 1.29 is 4.39 Å². The van der Waals surface area contributed by atoms with E-state index in [1.54, 1.807) is 18.3 Å². The third-order valence-corrected chi connectivity index (χ3v) is 3.38. The molecule has 1 aromatic carbocycles. The molecule has 0 fully saturated rings. The zero-order valence-electron chi connectivity index (χ0n) is 10.6. The van der Waals surface area contributed by atoms with Gasteiger partial charge < -0.3 is 4.57 Å². The first kappa shape index (κ1) is 14.0. The van der Waals surface area contributed by atoms with Crippen LogP contribution in [0.3, 0.4) is 0 Å². The van der Waals surface area contributed by atoms with Crippen molar-refractivity contribution in [3.8, 4) is 0 Å². The summed E-state index contributed by atoms with van der Waals surface area (Å²) in [5.41, 5.74) is 3.07. The van der Waals surface area contributed by atoms with Gasteiger partial charge in [-0.1, -0.05) is 23.7 Å². The molecule has 0 saturated carbocycles. The fourth-order valence-electron chi connectivity index (χ4n) is 2.05. The number of nitrogens with zero attached hydrogens (tertiary/aromatic N) is 2. The van der Waals surface area contributed by atoms with Crippen LogP contribution in [-0.4, -0.2) is 9.55 Å². The maximum absolute atomic E-state index is 14.0. The standard InChI is InChI=1S/C13H16ClFN4/c1-2-19-7-6-17-12(19)8-11(18-16)9-4-3-5-10(14)13(9)15/h3-7,11,18H,2,8,16H2,1H3. The van der Waals surface area contributed by atoms with Gasteiger partial charge in [0.05, 0.1) is 11.1 Å². The van der Waals surface area contributed by atoms with Crippen molar-refractivity contribution >= 4 is 11.6 Å². The molecule has 6 heteroatoms. The maximum atomic E-state index is 14.0. The summed E-state index contributed by atoms with van der Waals surface area (Å²) in [7, 11) is 0. The molecule has 0 bridgehead atoms. The highest BCUT2D eigenvalue weighted by Crippen LogP contribution is 2.25. The SMILES string of the molecule is CCn1ccnc1CC(NN)c1cccc(Cl)c1F. The van der Waals surface area contributed by atoms with Crippen molar-refractivity contribution in [2.45, 2.75) is 25.9 Å². The molecule has 19 heavy (non-hydrogen) atoms. The quantitative estimate of drug-likeness (QED) is 0.654. The summed E-state index contributed by atoms with van der Waals surface area (Å²) in [5, 5.41) is 0.0941. The van der Waals surface area contributed by atoms with E-state index in [9.17, 15) is 4.39 Å². The third kappa shape index (κ3) is 2.94. The minimum atomic E-state index is -0.443. The Hall–Kier alpha value is -1.43. The number of hydrogen-bond donors (Lipinski definition) is 2. The highest BCUT2D eigenvalue weighted by Gasteiger charge is 2.18. The predicted octanol–water partition coefficient (Wildman–Crippen LogP) is 2.44. The second-order valence-corrected chi connectivity index (χ2v) is 4.60. The molecular formula is C13H16ClFN4. The number of hydrazine groups is 1. The first-order valence-corrected chi connectivity index (χ1v) is 6.45. The molecule has 1 aromatic heterocycles. The zero-order valence-corrected chi connectivity index (χ0v) is 11.4. The molecule has 102 valence electrons. The number of hydrogen-bond acceptors (Lipinski definition) is 3. The van der Waals surface area contributed by atoms with Crippen LogP contribution in [0.4, 0.5) is 4.39 Å². The number of nitrogens with two attached hydrogens (primary N) is 1. The Morgan fingerprint density at radius 1 is 1.53 bits per heavy atom. The van der Waals surface area contributed by atoms with Crippen LogP contribution < -0.4 is 11.3 Å². The van der Waals surface area contributed by atoms with Crippen molar-refractivity contribution in [2.24, 2.45) is 5.84 Å². The number of imidazole rings is 1. The van der Waals surface area contributed by atoms with Crippen LogP contribution >= 0.6 is 11.6 Å². The van der Waals surface area contributed by atoms with E-state index in [0.29, 0.717) is 12.0 Å². The summed E-state index contributed by atoms with van der Waals surface area (Å²) < 4.78 is 16.0. The first-order valence-electron chi connectivity index (χ1n) is 6.07. The molecule has 2 rings (SSSR count). The van der Waals surface area contributed by atoms with E-state index in [2.05, 4.69) is 10.4 Å². The monoisotopic (exact) mass is 282 g/mol. The van der Waals surface area contributed by atoms with Crippen molar-refractivity contribution in [1.82, 2.24) is 15.0 Å². The average Bonchev–Trinajstić information content (AvgIpc) is 2.87. The van der Waals surface area contributed by atoms with Crippen molar-refractivity contribution in [3.05, 3.63) is 52.8 Å². The van der Waals surface area contributed by atoms with E-state index < -0.39 is 5.82 Å². The topological polar surface area (TPSA) is 55.9 Å². The number of nitrogens with one attached hydrogen (secondary N) is 1. The summed E-state index contributed by atoms with van der Waals surface area (Å²) in [6.45, 7) is 2.83. The summed E-state index contributed by atoms with van der Waals surface area (Å²) in [5.74, 6) is 5.94. The Labute approximate surface area is 116 Å². The molecular weight excluding hydrogens is 267 g/mol. The second kappa shape index (κ2) is 6.14. The Balaban J connectivity index is 2.28. The molecule has 0 aliphatic carbocycles. The fourth-order valence-corrected chi connectivity index (χ4v) is 2.23. The molecule has 0 aliphatic heterocycles. The van der Waals surface area contributed by atoms with Crippen LogP contribution in [-0.2, 0) is 13.0 Å². The molecule has 1 atom stereocenters. The smallest absolute Gasteiger partial charge is 0.146 e. The molecule has 0 aliphatic rings. The fraction of sp³-hybridized carbons (Fsp3) is 0.308. The van der Waals surface area contributed by atoms with Crippen LogP contribution in [0, 0.1) is 5.82 Å². The van der Waals surface area contributed by atoms with E-state index in [4.69, 9.17) is 17.4 Å². The molecule has 1 unspecified atom stereocenters. The van der Waals surface area contributed by atoms with Gasteiger partial charge in [0, 0.05) is 30.9 Å². The van der Waals surface area contributed by atoms with Gasteiger partial charge in [-0.25, -0.2) is 9.37 Å². The molecule has 4 nitrogen and oxygen atoms in total. The van der Waals surface area contributed by atoms with Crippen LogP contribution in [0.5, 0.6) is 0 Å². The largest absolute Gasteiger partial charge is 0.335 e. The van der Waals surface area contributed by atoms with Gasteiger partial charge in [0.1, 0.15) is 11.6 Å². The van der Waals surface area contributed by atoms with Crippen molar-refractivity contribution in [1.29, 1.82) is 0 Å². The summed E-state index contributed by atoms with van der Waals surface area (Å²) in [4.78, 5) is 4.26. The second-order valence-electron chi connectivity index (χ2n) is 4.20. The number of halogens is 2. The Bertz CT molecular complexity index is 555. The Kier molecular flexibility index (Phi) is 4.52. The van der Waals surface area contributed by atoms with E-state index in [-0.39, 0.29) is 11.1 Å². The van der Waals surface area contributed by atoms with Gasteiger partial charge in [-0.2, -0.15) is 0 Å². The van der Waals surface area contributed by atoms with E-state index >= 15 is 0 Å². The van der Waals surface area contributed by atoms with E-state index in [0.717, 1.165) is 12.4 Å². The number of aromatic nitrogens is 2. The van der Waals surface area contributed by atoms with Crippen molar-refractivity contribution in [2.75, 3.05) is 0 Å². The summed E-state index contributed by atoms with van der Waals surface area (Å²) in [6.07, 6.45) is 4.10. The van der Waals surface area contributed by atoms with Gasteiger partial charge >= 0.3 is 0 Å². The van der Waals surface area contributed by atoms with Gasteiger partial charge in [0.15, 0.2) is 0 Å². The van der Waals surface area contributed by atoms with Gasteiger partial charge in [0.25, 0.3) is 0 Å². The number of rotatable bonds is 5. The Morgan fingerprint density at radius 3 is 3.00 bits per heavy atom. The zero-order chi connectivity index (χ0) is 13.8. The number of benzene rings is 1. The van der Waals surface area contributed by atoms with Crippen LogP contribution in [0.1, 0.15) is 24.4 Å². The van der Waals surface area contributed by atoms with Crippen molar-refractivity contribution in [3.63, 3.8) is 0 Å². The highest BCUT2D eigenvalue weighted by molar-refractivity contribution is 6.30. The third-order valence-electron chi connectivity index (χ3n) is 3.09. The normalized spacial score (nSPS) is 12.6. The molecule has 0 radical (unpaired) electrons. The average molecular weight is 283 g/mol. The minimum Gasteiger partial charge on any atom is -0.335 e. The molecule has 1 heterocycles. The van der Waals surface area contributed by atoms with Crippen LogP contribution in [0.15, 0.2) is 30.6 Å². The van der Waals surface area contributed by atoms with Gasteiger partial charge in [0.2, 0.25) is 0 Å². The Morgan fingerprint density at radius 2 is 2.32 bits per heavy atom. The lowest BCUT2D eigenvalue weighted by atomic mass is 10.0.